The van der Waals surface area contributed by atoms with E-state index in [9.17, 15) is 4.79 Å². The highest BCUT2D eigenvalue weighted by atomic mass is 32.2. The number of hydrogen-bond acceptors (Lipinski definition) is 7. The van der Waals surface area contributed by atoms with Gasteiger partial charge in [0.05, 0.1) is 16.7 Å². The van der Waals surface area contributed by atoms with Crippen molar-refractivity contribution in [1.29, 1.82) is 0 Å². The van der Waals surface area contributed by atoms with E-state index >= 15 is 0 Å². The fourth-order valence-electron chi connectivity index (χ4n) is 2.21. The summed E-state index contributed by atoms with van der Waals surface area (Å²) in [5, 5.41) is 14.4. The van der Waals surface area contributed by atoms with Gasteiger partial charge < -0.3 is 5.32 Å². The van der Waals surface area contributed by atoms with Crippen molar-refractivity contribution >= 4 is 39.1 Å². The minimum absolute atomic E-state index is 0.00352. The molecule has 0 bridgehead atoms. The SMILES string of the molecule is C=CCNc1nnc(CSc2nc3ccccc3c(=O)n2CC)s1. The highest BCUT2D eigenvalue weighted by Gasteiger charge is 2.12. The van der Waals surface area contributed by atoms with Crippen molar-refractivity contribution in [2.75, 3.05) is 11.9 Å². The van der Waals surface area contributed by atoms with Gasteiger partial charge in [0.2, 0.25) is 5.13 Å². The number of para-hydroxylation sites is 1. The Morgan fingerprint density at radius 3 is 3.00 bits per heavy atom. The average molecular weight is 359 g/mol. The molecule has 1 aromatic carbocycles. The zero-order valence-corrected chi connectivity index (χ0v) is 14.9. The van der Waals surface area contributed by atoms with E-state index in [1.165, 1.54) is 23.1 Å². The van der Waals surface area contributed by atoms with Gasteiger partial charge in [-0.15, -0.1) is 16.8 Å². The molecule has 8 heteroatoms. The van der Waals surface area contributed by atoms with E-state index < -0.39 is 0 Å². The number of nitrogens with zero attached hydrogens (tertiary/aromatic N) is 4. The molecule has 0 radical (unpaired) electrons. The molecule has 3 aromatic rings. The van der Waals surface area contributed by atoms with Crippen molar-refractivity contribution in [1.82, 2.24) is 19.7 Å². The summed E-state index contributed by atoms with van der Waals surface area (Å²) in [7, 11) is 0. The summed E-state index contributed by atoms with van der Waals surface area (Å²) in [5.41, 5.74) is 0.719. The molecule has 0 aliphatic heterocycles. The van der Waals surface area contributed by atoms with Crippen LogP contribution in [0, 0.1) is 0 Å². The topological polar surface area (TPSA) is 72.7 Å². The van der Waals surface area contributed by atoms with Crippen LogP contribution in [0.3, 0.4) is 0 Å². The largest absolute Gasteiger partial charge is 0.357 e. The predicted molar refractivity (Wildman–Crippen MR) is 99.8 cm³/mol. The second-order valence-electron chi connectivity index (χ2n) is 4.92. The molecule has 0 saturated carbocycles. The van der Waals surface area contributed by atoms with Gasteiger partial charge in [-0.1, -0.05) is 41.3 Å². The normalized spacial score (nSPS) is 10.9. The molecule has 2 heterocycles. The Bertz CT molecular complexity index is 918. The molecular formula is C16H17N5OS2. The molecule has 24 heavy (non-hydrogen) atoms. The standard InChI is InChI=1S/C16H17N5OS2/c1-3-9-17-15-20-19-13(24-15)10-23-16-18-12-8-6-5-7-11(12)14(22)21(16)4-2/h3,5-8H,1,4,9-10H2,2H3,(H,17,20). The maximum absolute atomic E-state index is 12.6. The second kappa shape index (κ2) is 7.59. The van der Waals surface area contributed by atoms with Crippen LogP contribution in [0.25, 0.3) is 10.9 Å². The van der Waals surface area contributed by atoms with Crippen molar-refractivity contribution in [3.05, 3.63) is 52.3 Å². The van der Waals surface area contributed by atoms with Crippen molar-refractivity contribution in [3.8, 4) is 0 Å². The van der Waals surface area contributed by atoms with Gasteiger partial charge >= 0.3 is 0 Å². The van der Waals surface area contributed by atoms with E-state index in [-0.39, 0.29) is 5.56 Å². The van der Waals surface area contributed by atoms with Crippen molar-refractivity contribution < 1.29 is 0 Å². The van der Waals surface area contributed by atoms with E-state index in [4.69, 9.17) is 0 Å². The molecule has 0 atom stereocenters. The Labute approximate surface area is 147 Å². The van der Waals surface area contributed by atoms with Crippen LogP contribution < -0.4 is 10.9 Å². The molecule has 0 amide bonds. The Kier molecular flexibility index (Phi) is 5.27. The monoisotopic (exact) mass is 359 g/mol. The zero-order valence-electron chi connectivity index (χ0n) is 13.2. The van der Waals surface area contributed by atoms with Gasteiger partial charge in [-0.05, 0) is 19.1 Å². The van der Waals surface area contributed by atoms with Crippen LogP contribution in [0.15, 0.2) is 46.9 Å². The van der Waals surface area contributed by atoms with Crippen LogP contribution in [0.1, 0.15) is 11.9 Å². The highest BCUT2D eigenvalue weighted by molar-refractivity contribution is 7.98. The van der Waals surface area contributed by atoms with Gasteiger partial charge in [0.25, 0.3) is 5.56 Å². The van der Waals surface area contributed by atoms with Crippen LogP contribution in [0.2, 0.25) is 0 Å². The van der Waals surface area contributed by atoms with Gasteiger partial charge in [0.15, 0.2) is 5.16 Å². The molecule has 0 unspecified atom stereocenters. The summed E-state index contributed by atoms with van der Waals surface area (Å²) in [5.74, 6) is 0.623. The molecule has 6 nitrogen and oxygen atoms in total. The number of thioether (sulfide) groups is 1. The molecule has 0 saturated heterocycles. The summed E-state index contributed by atoms with van der Waals surface area (Å²) < 4.78 is 1.70. The molecule has 2 aromatic heterocycles. The Morgan fingerprint density at radius 1 is 1.38 bits per heavy atom. The number of fused-ring (bicyclic) bond motifs is 1. The Morgan fingerprint density at radius 2 is 2.21 bits per heavy atom. The first-order chi connectivity index (χ1) is 11.7. The summed E-state index contributed by atoms with van der Waals surface area (Å²) in [6.07, 6.45) is 1.77. The van der Waals surface area contributed by atoms with E-state index in [0.29, 0.717) is 29.4 Å². The smallest absolute Gasteiger partial charge is 0.262 e. The lowest BCUT2D eigenvalue weighted by atomic mass is 10.2. The minimum Gasteiger partial charge on any atom is -0.357 e. The quantitative estimate of drug-likeness (QED) is 0.397. The Balaban J connectivity index is 1.83. The molecule has 1 N–H and O–H groups in total. The third kappa shape index (κ3) is 3.49. The second-order valence-corrected chi connectivity index (χ2v) is 6.92. The van der Waals surface area contributed by atoms with Gasteiger partial charge in [0.1, 0.15) is 5.01 Å². The van der Waals surface area contributed by atoms with Gasteiger partial charge in [-0.25, -0.2) is 4.98 Å². The molecular weight excluding hydrogens is 342 g/mol. The third-order valence-corrected chi connectivity index (χ3v) is 5.38. The first kappa shape index (κ1) is 16.7. The number of nitrogens with one attached hydrogen (secondary N) is 1. The Hall–Kier alpha value is -2.19. The maximum Gasteiger partial charge on any atom is 0.262 e. The van der Waals surface area contributed by atoms with E-state index in [2.05, 4.69) is 27.1 Å². The summed E-state index contributed by atoms with van der Waals surface area (Å²) >= 11 is 3.00. The molecule has 0 fully saturated rings. The van der Waals surface area contributed by atoms with E-state index in [1.54, 1.807) is 10.6 Å². The summed E-state index contributed by atoms with van der Waals surface area (Å²) in [6, 6.07) is 7.43. The first-order valence-corrected chi connectivity index (χ1v) is 9.32. The first-order valence-electron chi connectivity index (χ1n) is 7.52. The van der Waals surface area contributed by atoms with Crippen LogP contribution in [-0.2, 0) is 12.3 Å². The van der Waals surface area contributed by atoms with Crippen molar-refractivity contribution in [2.24, 2.45) is 0 Å². The van der Waals surface area contributed by atoms with Crippen LogP contribution >= 0.6 is 23.1 Å². The average Bonchev–Trinajstić information content (AvgIpc) is 3.06. The number of rotatable bonds is 7. The fourth-order valence-corrected chi connectivity index (χ4v) is 4.00. The maximum atomic E-state index is 12.6. The van der Waals surface area contributed by atoms with E-state index in [0.717, 1.165) is 15.7 Å². The third-order valence-electron chi connectivity index (χ3n) is 3.33. The van der Waals surface area contributed by atoms with Gasteiger partial charge in [0, 0.05) is 13.1 Å². The van der Waals surface area contributed by atoms with Crippen molar-refractivity contribution in [2.45, 2.75) is 24.4 Å². The lowest BCUT2D eigenvalue weighted by molar-refractivity contribution is 0.634. The highest BCUT2D eigenvalue weighted by Crippen LogP contribution is 2.25. The molecule has 3 rings (SSSR count). The van der Waals surface area contributed by atoms with E-state index in [1.807, 2.05) is 31.2 Å². The summed E-state index contributed by atoms with van der Waals surface area (Å²) in [4.78, 5) is 17.2. The van der Waals surface area contributed by atoms with Crippen LogP contribution in [0.4, 0.5) is 5.13 Å². The lowest BCUT2D eigenvalue weighted by Gasteiger charge is -2.10. The molecule has 0 aliphatic carbocycles. The van der Waals surface area contributed by atoms with Gasteiger partial charge in [-0.2, -0.15) is 0 Å². The van der Waals surface area contributed by atoms with Gasteiger partial charge in [-0.3, -0.25) is 9.36 Å². The number of aromatic nitrogens is 4. The number of anilines is 1. The van der Waals surface area contributed by atoms with Crippen molar-refractivity contribution in [3.63, 3.8) is 0 Å². The van der Waals surface area contributed by atoms with Crippen LogP contribution in [-0.4, -0.2) is 26.3 Å². The zero-order chi connectivity index (χ0) is 16.9. The molecule has 0 spiro atoms. The number of benzene rings is 1. The summed E-state index contributed by atoms with van der Waals surface area (Å²) in [6.45, 7) is 6.85. The predicted octanol–water partition coefficient (Wildman–Crippen LogP) is 3.16. The van der Waals surface area contributed by atoms with Crippen LogP contribution in [0.5, 0.6) is 0 Å². The fraction of sp³-hybridized carbons (Fsp3) is 0.250. The number of hydrogen-bond donors (Lipinski definition) is 1. The minimum atomic E-state index is -0.00352. The lowest BCUT2D eigenvalue weighted by Crippen LogP contribution is -2.22. The molecule has 0 aliphatic rings. The molecule has 124 valence electrons.